The highest BCUT2D eigenvalue weighted by Gasteiger charge is 2.71. The van der Waals surface area contributed by atoms with Gasteiger partial charge in [0.2, 0.25) is 0 Å². The van der Waals surface area contributed by atoms with Crippen LogP contribution >= 0.6 is 0 Å². The molecule has 2 aliphatic carbocycles. The van der Waals surface area contributed by atoms with Crippen LogP contribution in [-0.2, 0) is 8.85 Å². The van der Waals surface area contributed by atoms with Gasteiger partial charge in [-0.2, -0.15) is 26.3 Å². The molecule has 1 N–H and O–H groups in total. The Hall–Kier alpha value is -0.323. The van der Waals surface area contributed by atoms with Crippen molar-refractivity contribution in [2.75, 3.05) is 14.2 Å². The molecule has 0 amide bonds. The highest BCUT2D eigenvalue weighted by molar-refractivity contribution is 6.64. The van der Waals surface area contributed by atoms with Gasteiger partial charge in [-0.25, -0.2) is 0 Å². The first-order valence-corrected chi connectivity index (χ1v) is 10.9. The van der Waals surface area contributed by atoms with Crippen LogP contribution in [0, 0.1) is 17.8 Å². The number of rotatable bonds is 4. The Morgan fingerprint density at radius 1 is 0.920 bits per heavy atom. The van der Waals surface area contributed by atoms with Gasteiger partial charge in [-0.15, -0.1) is 0 Å². The molecule has 0 radical (unpaired) electrons. The summed E-state index contributed by atoms with van der Waals surface area (Å²) in [4.78, 5) is 0. The molecule has 2 saturated carbocycles. The second-order valence-corrected chi connectivity index (χ2v) is 10.9. The molecule has 150 valence electrons. The van der Waals surface area contributed by atoms with Gasteiger partial charge in [0, 0.05) is 14.2 Å². The third-order valence-electron chi connectivity index (χ3n) is 5.36. The lowest BCUT2D eigenvalue weighted by atomic mass is 9.79. The van der Waals surface area contributed by atoms with Crippen LogP contribution in [0.5, 0.6) is 0 Å². The third-order valence-corrected chi connectivity index (χ3v) is 7.33. The van der Waals surface area contributed by atoms with E-state index in [4.69, 9.17) is 14.0 Å². The van der Waals surface area contributed by atoms with Gasteiger partial charge in [0.25, 0.3) is 5.60 Å². The topological polar surface area (TPSA) is 38.7 Å². The summed E-state index contributed by atoms with van der Waals surface area (Å²) in [6.07, 6.45) is -9.95. The first-order chi connectivity index (χ1) is 11.2. The molecule has 3 atom stereocenters. The average Bonchev–Trinajstić information content (AvgIpc) is 3.08. The fourth-order valence-corrected chi connectivity index (χ4v) is 3.65. The Balaban J connectivity index is 0.000000381. The zero-order chi connectivity index (χ0) is 19.7. The molecule has 0 aromatic heterocycles. The maximum atomic E-state index is 12.5. The molecule has 0 aliphatic heterocycles. The van der Waals surface area contributed by atoms with Gasteiger partial charge < -0.3 is 14.0 Å². The predicted molar refractivity (Wildman–Crippen MR) is 82.1 cm³/mol. The van der Waals surface area contributed by atoms with E-state index in [9.17, 15) is 26.3 Å². The molecule has 2 rings (SSSR count). The van der Waals surface area contributed by atoms with Crippen LogP contribution in [0.25, 0.3) is 0 Å². The molecular weight excluding hydrogens is 370 g/mol. The molecule has 2 aliphatic rings. The van der Waals surface area contributed by atoms with E-state index >= 15 is 0 Å². The Labute approximate surface area is 144 Å². The van der Waals surface area contributed by atoms with E-state index in [0.717, 1.165) is 6.42 Å². The minimum Gasteiger partial charge on any atom is -0.398 e. The second-order valence-electron chi connectivity index (χ2n) is 7.30. The summed E-state index contributed by atoms with van der Waals surface area (Å²) in [6, 6.07) is 0. The number of halogens is 6. The van der Waals surface area contributed by atoms with Crippen molar-refractivity contribution < 1.29 is 40.3 Å². The van der Waals surface area contributed by atoms with Crippen molar-refractivity contribution in [3.05, 3.63) is 0 Å². The van der Waals surface area contributed by atoms with E-state index in [1.165, 1.54) is 0 Å². The average molecular weight is 396 g/mol. The van der Waals surface area contributed by atoms with E-state index in [2.05, 4.69) is 0 Å². The summed E-state index contributed by atoms with van der Waals surface area (Å²) in [5.41, 5.74) is -4.56. The van der Waals surface area contributed by atoms with Crippen molar-refractivity contribution in [1.29, 1.82) is 0 Å². The van der Waals surface area contributed by atoms with Gasteiger partial charge in [0.1, 0.15) is 0 Å². The minimum absolute atomic E-state index is 0.0915. The standard InChI is InChI=1S/C11H14F6O.C4H12O2Si/c12-10(13,14)9(18,11(15,16)17)5-8-4-6-1-2-7(8)3-6;1-5-7(3,4)6-2/h6-8,18H,1-5H2;1-4H3. The quantitative estimate of drug-likeness (QED) is 0.555. The molecule has 0 aromatic rings. The predicted octanol–water partition coefficient (Wildman–Crippen LogP) is 4.65. The van der Waals surface area contributed by atoms with Gasteiger partial charge in [0.05, 0.1) is 0 Å². The Bertz CT molecular complexity index is 418. The molecule has 0 saturated heterocycles. The van der Waals surface area contributed by atoms with Crippen LogP contribution in [0.3, 0.4) is 0 Å². The van der Waals surface area contributed by atoms with Gasteiger partial charge in [-0.05, 0) is 56.5 Å². The summed E-state index contributed by atoms with van der Waals surface area (Å²) >= 11 is 0. The van der Waals surface area contributed by atoms with Crippen molar-refractivity contribution in [3.63, 3.8) is 0 Å². The van der Waals surface area contributed by atoms with Crippen molar-refractivity contribution in [2.45, 2.75) is 63.2 Å². The van der Waals surface area contributed by atoms with E-state index in [1.807, 2.05) is 13.1 Å². The molecule has 25 heavy (non-hydrogen) atoms. The highest BCUT2D eigenvalue weighted by Crippen LogP contribution is 2.55. The van der Waals surface area contributed by atoms with Crippen molar-refractivity contribution in [3.8, 4) is 0 Å². The van der Waals surface area contributed by atoms with E-state index < -0.39 is 38.9 Å². The number of aliphatic hydroxyl groups is 1. The number of alkyl halides is 6. The Kier molecular flexibility index (Phi) is 7.03. The molecule has 2 fully saturated rings. The summed E-state index contributed by atoms with van der Waals surface area (Å²) < 4.78 is 85.2. The van der Waals surface area contributed by atoms with Gasteiger partial charge in [-0.1, -0.05) is 6.42 Å². The highest BCUT2D eigenvalue weighted by atomic mass is 28.4. The monoisotopic (exact) mass is 396 g/mol. The molecule has 3 nitrogen and oxygen atoms in total. The Morgan fingerprint density at radius 3 is 1.64 bits per heavy atom. The molecule has 2 bridgehead atoms. The first kappa shape index (κ1) is 22.7. The summed E-state index contributed by atoms with van der Waals surface area (Å²) in [7, 11) is 1.70. The van der Waals surface area contributed by atoms with Crippen molar-refractivity contribution in [1.82, 2.24) is 0 Å². The van der Waals surface area contributed by atoms with E-state index in [-0.39, 0.29) is 11.8 Å². The van der Waals surface area contributed by atoms with Crippen molar-refractivity contribution in [2.24, 2.45) is 17.8 Å². The van der Waals surface area contributed by atoms with Crippen LogP contribution in [0.15, 0.2) is 0 Å². The summed E-state index contributed by atoms with van der Waals surface area (Å²) in [6.45, 7) is 3.99. The summed E-state index contributed by atoms with van der Waals surface area (Å²) in [5.74, 6) is -0.519. The minimum atomic E-state index is -5.67. The second kappa shape index (κ2) is 7.73. The number of hydrogen-bond donors (Lipinski definition) is 1. The van der Waals surface area contributed by atoms with Crippen molar-refractivity contribution >= 4 is 8.56 Å². The fourth-order valence-electron chi connectivity index (χ4n) is 3.48. The lowest BCUT2D eigenvalue weighted by molar-refractivity contribution is -0.373. The molecule has 0 aromatic carbocycles. The van der Waals surface area contributed by atoms with Crippen LogP contribution in [-0.4, -0.2) is 45.8 Å². The van der Waals surface area contributed by atoms with Crippen LogP contribution in [0.4, 0.5) is 26.3 Å². The zero-order valence-corrected chi connectivity index (χ0v) is 15.8. The van der Waals surface area contributed by atoms with Crippen LogP contribution < -0.4 is 0 Å². The smallest absolute Gasteiger partial charge is 0.398 e. The summed E-state index contributed by atoms with van der Waals surface area (Å²) in [5, 5.41) is 9.12. The Morgan fingerprint density at radius 2 is 1.40 bits per heavy atom. The zero-order valence-electron chi connectivity index (χ0n) is 14.8. The van der Waals surface area contributed by atoms with E-state index in [1.54, 1.807) is 14.2 Å². The molecular formula is C15H26F6O3Si. The number of fused-ring (bicyclic) bond motifs is 2. The maximum absolute atomic E-state index is 12.5. The third kappa shape index (κ3) is 5.33. The molecule has 0 heterocycles. The maximum Gasteiger partial charge on any atom is 0.426 e. The fraction of sp³-hybridized carbons (Fsp3) is 1.00. The van der Waals surface area contributed by atoms with Crippen LogP contribution in [0.1, 0.15) is 32.1 Å². The molecule has 0 spiro atoms. The largest absolute Gasteiger partial charge is 0.426 e. The lowest BCUT2D eigenvalue weighted by Crippen LogP contribution is -2.58. The number of hydrogen-bond acceptors (Lipinski definition) is 3. The normalized spacial score (nSPS) is 27.2. The van der Waals surface area contributed by atoms with Gasteiger partial charge >= 0.3 is 20.9 Å². The van der Waals surface area contributed by atoms with E-state index in [0.29, 0.717) is 19.3 Å². The lowest BCUT2D eigenvalue weighted by Gasteiger charge is -2.36. The molecule has 3 unspecified atom stereocenters. The van der Waals surface area contributed by atoms with Gasteiger partial charge in [-0.3, -0.25) is 0 Å². The molecule has 10 heteroatoms. The van der Waals surface area contributed by atoms with Gasteiger partial charge in [0.15, 0.2) is 0 Å². The first-order valence-electron chi connectivity index (χ1n) is 8.13. The SMILES string of the molecule is CO[Si](C)(C)OC.OC(CC1CC2CCC1C2)(C(F)(F)F)C(F)(F)F. The van der Waals surface area contributed by atoms with Crippen LogP contribution in [0.2, 0.25) is 13.1 Å².